The number of ether oxygens (including phenoxy) is 1. The van der Waals surface area contributed by atoms with E-state index < -0.39 is 6.09 Å². The molecule has 3 nitrogen and oxygen atoms in total. The smallest absolute Gasteiger partial charge is 0.412 e. The van der Waals surface area contributed by atoms with Gasteiger partial charge in [0.05, 0.1) is 0 Å². The van der Waals surface area contributed by atoms with Gasteiger partial charge >= 0.3 is 6.09 Å². The van der Waals surface area contributed by atoms with Gasteiger partial charge in [-0.1, -0.05) is 18.2 Å². The van der Waals surface area contributed by atoms with Gasteiger partial charge in [0, 0.05) is 5.69 Å². The Bertz CT molecular complexity index is 233. The van der Waals surface area contributed by atoms with E-state index in [2.05, 4.69) is 17.2 Å². The highest BCUT2D eigenvalue weighted by molar-refractivity contribution is 5.84. The number of amides is 1. The van der Waals surface area contributed by atoms with Crippen LogP contribution in [0.4, 0.5) is 10.5 Å². The highest BCUT2D eigenvalue weighted by Crippen LogP contribution is 2.04. The minimum absolute atomic E-state index is 0.656. The van der Waals surface area contributed by atoms with E-state index in [1.807, 2.05) is 6.07 Å². The molecule has 1 aromatic rings. The van der Waals surface area contributed by atoms with Crippen LogP contribution in [0.3, 0.4) is 0 Å². The first-order valence-electron chi connectivity index (χ1n) is 3.05. The number of benzene rings is 1. The summed E-state index contributed by atoms with van der Waals surface area (Å²) in [6.45, 7) is 0. The lowest BCUT2D eigenvalue weighted by Gasteiger charge is -2.00. The SMILES string of the molecule is [CH]OC(=O)Nc1ccccc1. The number of carbonyl (C=O) groups is 1. The van der Waals surface area contributed by atoms with Gasteiger partial charge in [-0.2, -0.15) is 0 Å². The predicted molar refractivity (Wildman–Crippen MR) is 40.8 cm³/mol. The van der Waals surface area contributed by atoms with Crippen molar-refractivity contribution in [3.63, 3.8) is 0 Å². The zero-order chi connectivity index (χ0) is 8.10. The van der Waals surface area contributed by atoms with Crippen molar-refractivity contribution in [2.24, 2.45) is 0 Å². The van der Waals surface area contributed by atoms with Crippen LogP contribution in [-0.2, 0) is 4.74 Å². The van der Waals surface area contributed by atoms with Crippen LogP contribution >= 0.6 is 0 Å². The molecule has 0 aliphatic carbocycles. The largest absolute Gasteiger partial charge is 0.438 e. The molecular formula is C8H7NO2. The zero-order valence-electron chi connectivity index (χ0n) is 5.78. The third kappa shape index (κ3) is 2.29. The molecule has 0 atom stereocenters. The Labute approximate surface area is 65.0 Å². The summed E-state index contributed by atoms with van der Waals surface area (Å²) in [6, 6.07) is 8.91. The minimum Gasteiger partial charge on any atom is -0.438 e. The van der Waals surface area contributed by atoms with Gasteiger partial charge in [-0.25, -0.2) is 4.79 Å². The van der Waals surface area contributed by atoms with E-state index in [4.69, 9.17) is 0 Å². The molecule has 0 aliphatic rings. The van der Waals surface area contributed by atoms with Crippen LogP contribution in [0.1, 0.15) is 0 Å². The van der Waals surface area contributed by atoms with Crippen molar-refractivity contribution < 1.29 is 9.53 Å². The average molecular weight is 149 g/mol. The van der Waals surface area contributed by atoms with Crippen LogP contribution in [0.2, 0.25) is 0 Å². The normalized spacial score (nSPS) is 8.82. The third-order valence-corrected chi connectivity index (χ3v) is 1.13. The van der Waals surface area contributed by atoms with Gasteiger partial charge in [0.25, 0.3) is 0 Å². The highest BCUT2D eigenvalue weighted by Gasteiger charge is 1.97. The summed E-state index contributed by atoms with van der Waals surface area (Å²) in [7, 11) is 4.61. The predicted octanol–water partition coefficient (Wildman–Crippen LogP) is 1.90. The molecule has 11 heavy (non-hydrogen) atoms. The summed E-state index contributed by atoms with van der Waals surface area (Å²) >= 11 is 0. The molecular weight excluding hydrogens is 142 g/mol. The van der Waals surface area contributed by atoms with E-state index in [0.717, 1.165) is 0 Å². The van der Waals surface area contributed by atoms with Crippen LogP contribution in [0, 0.1) is 7.11 Å². The molecule has 0 bridgehead atoms. The van der Waals surface area contributed by atoms with Crippen molar-refractivity contribution in [2.45, 2.75) is 0 Å². The van der Waals surface area contributed by atoms with E-state index >= 15 is 0 Å². The van der Waals surface area contributed by atoms with Crippen LogP contribution in [0.5, 0.6) is 0 Å². The molecule has 3 heteroatoms. The standard InChI is InChI=1S/C8H7NO2/c1-11-8(10)9-7-5-3-2-4-6-7/h1-6H,(H,9,10). The van der Waals surface area contributed by atoms with Gasteiger partial charge in [0.15, 0.2) is 7.11 Å². The second kappa shape index (κ2) is 3.61. The Balaban J connectivity index is 2.58. The summed E-state index contributed by atoms with van der Waals surface area (Å²) in [6.07, 6.45) is -0.670. The fourth-order valence-corrected chi connectivity index (χ4v) is 0.669. The maximum absolute atomic E-state index is 10.5. The summed E-state index contributed by atoms with van der Waals surface area (Å²) in [4.78, 5) is 10.5. The molecule has 2 radical (unpaired) electrons. The fraction of sp³-hybridized carbons (Fsp3) is 0. The van der Waals surface area contributed by atoms with E-state index in [0.29, 0.717) is 5.69 Å². The van der Waals surface area contributed by atoms with E-state index in [1.54, 1.807) is 24.3 Å². The third-order valence-electron chi connectivity index (χ3n) is 1.13. The monoisotopic (exact) mass is 149 g/mol. The second-order valence-corrected chi connectivity index (χ2v) is 1.90. The molecule has 0 fully saturated rings. The van der Waals surface area contributed by atoms with Crippen molar-refractivity contribution in [1.29, 1.82) is 0 Å². The maximum Gasteiger partial charge on any atom is 0.412 e. The van der Waals surface area contributed by atoms with E-state index in [9.17, 15) is 4.79 Å². The molecule has 56 valence electrons. The number of hydrogen-bond donors (Lipinski definition) is 1. The van der Waals surface area contributed by atoms with Gasteiger partial charge in [0.1, 0.15) is 0 Å². The van der Waals surface area contributed by atoms with Crippen molar-refractivity contribution in [3.05, 3.63) is 37.4 Å². The van der Waals surface area contributed by atoms with Gasteiger partial charge in [-0.3, -0.25) is 5.32 Å². The van der Waals surface area contributed by atoms with Gasteiger partial charge in [-0.15, -0.1) is 0 Å². The number of para-hydroxylation sites is 1. The maximum atomic E-state index is 10.5. The summed E-state index contributed by atoms with van der Waals surface area (Å²) < 4.78 is 3.90. The van der Waals surface area contributed by atoms with Gasteiger partial charge in [-0.05, 0) is 12.1 Å². The van der Waals surface area contributed by atoms with Crippen molar-refractivity contribution in [3.8, 4) is 0 Å². The lowest BCUT2D eigenvalue weighted by atomic mass is 10.3. The number of nitrogens with one attached hydrogen (secondary N) is 1. The van der Waals surface area contributed by atoms with Gasteiger partial charge < -0.3 is 4.74 Å². The van der Waals surface area contributed by atoms with Crippen LogP contribution in [0.15, 0.2) is 30.3 Å². The van der Waals surface area contributed by atoms with Crippen molar-refractivity contribution in [1.82, 2.24) is 0 Å². The molecule has 0 saturated heterocycles. The van der Waals surface area contributed by atoms with Crippen LogP contribution in [0.25, 0.3) is 0 Å². The first kappa shape index (κ1) is 7.60. The number of hydrogen-bond acceptors (Lipinski definition) is 2. The summed E-state index contributed by atoms with van der Waals surface area (Å²) in [5.41, 5.74) is 0.656. The number of carbonyl (C=O) groups excluding carboxylic acids is 1. The van der Waals surface area contributed by atoms with Crippen LogP contribution < -0.4 is 5.32 Å². The first-order chi connectivity index (χ1) is 5.33. The molecule has 1 N–H and O–H groups in total. The second-order valence-electron chi connectivity index (χ2n) is 1.90. The molecule has 0 aromatic heterocycles. The first-order valence-corrected chi connectivity index (χ1v) is 3.05. The van der Waals surface area contributed by atoms with Crippen molar-refractivity contribution in [2.75, 3.05) is 5.32 Å². The zero-order valence-corrected chi connectivity index (χ0v) is 5.78. The lowest BCUT2D eigenvalue weighted by molar-refractivity contribution is 0.199. The van der Waals surface area contributed by atoms with E-state index in [-0.39, 0.29) is 0 Å². The molecule has 0 heterocycles. The lowest BCUT2D eigenvalue weighted by Crippen LogP contribution is -2.09. The minimum atomic E-state index is -0.670. The highest BCUT2D eigenvalue weighted by atomic mass is 16.5. The Morgan fingerprint density at radius 3 is 2.55 bits per heavy atom. The van der Waals surface area contributed by atoms with Crippen molar-refractivity contribution >= 4 is 11.8 Å². The van der Waals surface area contributed by atoms with Crippen LogP contribution in [-0.4, -0.2) is 6.09 Å². The summed E-state index contributed by atoms with van der Waals surface area (Å²) in [5, 5.41) is 2.41. The molecule has 1 rings (SSSR count). The molecule has 0 unspecified atom stereocenters. The Hall–Kier alpha value is -1.51. The average Bonchev–Trinajstić information content (AvgIpc) is 2.06. The Kier molecular flexibility index (Phi) is 2.49. The number of anilines is 1. The molecule has 1 aromatic carbocycles. The topological polar surface area (TPSA) is 38.3 Å². The molecule has 0 spiro atoms. The Morgan fingerprint density at radius 2 is 2.00 bits per heavy atom. The quantitative estimate of drug-likeness (QED) is 0.662. The molecule has 0 saturated carbocycles. The molecule has 0 aliphatic heterocycles. The number of rotatable bonds is 1. The van der Waals surface area contributed by atoms with Gasteiger partial charge in [0.2, 0.25) is 0 Å². The summed E-state index contributed by atoms with van der Waals surface area (Å²) in [5.74, 6) is 0. The fourth-order valence-electron chi connectivity index (χ4n) is 0.669. The van der Waals surface area contributed by atoms with E-state index in [1.165, 1.54) is 0 Å². The molecule has 1 amide bonds. The Morgan fingerprint density at radius 1 is 1.36 bits per heavy atom.